The molecule has 0 heterocycles. The van der Waals surface area contributed by atoms with Gasteiger partial charge in [0.15, 0.2) is 5.78 Å². The van der Waals surface area contributed by atoms with Crippen LogP contribution in [0.25, 0.3) is 0 Å². The van der Waals surface area contributed by atoms with E-state index >= 15 is 0 Å². The molecule has 0 amide bonds. The van der Waals surface area contributed by atoms with Crippen molar-refractivity contribution < 1.29 is 22.5 Å². The fourth-order valence-electron chi connectivity index (χ4n) is 2.54. The topological polar surface area (TPSA) is 80.7 Å². The Morgan fingerprint density at radius 2 is 1.64 bits per heavy atom. The van der Waals surface area contributed by atoms with Gasteiger partial charge in [0, 0.05) is 11.1 Å². The summed E-state index contributed by atoms with van der Waals surface area (Å²) in [5, 5.41) is 0. The van der Waals surface area contributed by atoms with Gasteiger partial charge >= 0.3 is 0 Å². The van der Waals surface area contributed by atoms with Gasteiger partial charge in [-0.05, 0) is 47.7 Å². The lowest BCUT2D eigenvalue weighted by Gasteiger charge is -2.25. The molecule has 0 aliphatic carbocycles. The molecule has 0 aromatic heterocycles. The Labute approximate surface area is 148 Å². The predicted molar refractivity (Wildman–Crippen MR) is 96.0 cm³/mol. The van der Waals surface area contributed by atoms with Crippen molar-refractivity contribution in [2.75, 3.05) is 7.11 Å². The van der Waals surface area contributed by atoms with Crippen LogP contribution in [-0.2, 0) is 15.5 Å². The van der Waals surface area contributed by atoms with Gasteiger partial charge in [0.2, 0.25) is 0 Å². The molecular formula is C19H22O5S. The zero-order valence-electron chi connectivity index (χ0n) is 14.7. The molecule has 0 saturated heterocycles. The van der Waals surface area contributed by atoms with Gasteiger partial charge in [-0.15, -0.1) is 0 Å². The third kappa shape index (κ3) is 4.08. The number of carbonyl (C=O) groups is 1. The molecule has 0 radical (unpaired) electrons. The minimum atomic E-state index is -4.45. The first-order valence-electron chi connectivity index (χ1n) is 7.91. The number of methoxy groups -OCH3 is 1. The van der Waals surface area contributed by atoms with E-state index in [9.17, 15) is 17.8 Å². The summed E-state index contributed by atoms with van der Waals surface area (Å²) in [6.45, 7) is 5.72. The first-order valence-corrected chi connectivity index (χ1v) is 9.35. The summed E-state index contributed by atoms with van der Waals surface area (Å²) in [5.74, 6) is 0.295. The van der Waals surface area contributed by atoms with Crippen LogP contribution in [0, 0.1) is 0 Å². The Bertz CT molecular complexity index is 881. The van der Waals surface area contributed by atoms with Gasteiger partial charge < -0.3 is 4.74 Å². The molecule has 25 heavy (non-hydrogen) atoms. The fourth-order valence-corrected chi connectivity index (χ4v) is 3.43. The second kappa shape index (κ2) is 6.98. The van der Waals surface area contributed by atoms with E-state index in [-0.39, 0.29) is 16.2 Å². The first-order chi connectivity index (χ1) is 11.6. The van der Waals surface area contributed by atoms with Gasteiger partial charge in [0.25, 0.3) is 10.1 Å². The Hall–Kier alpha value is -2.18. The predicted octanol–water partition coefficient (Wildman–Crippen LogP) is 3.86. The molecule has 5 nitrogen and oxygen atoms in total. The summed E-state index contributed by atoms with van der Waals surface area (Å²) < 4.78 is 38.4. The minimum Gasteiger partial charge on any atom is -0.497 e. The number of ketones is 1. The quantitative estimate of drug-likeness (QED) is 0.623. The van der Waals surface area contributed by atoms with Crippen LogP contribution in [0.2, 0.25) is 0 Å². The maximum atomic E-state index is 12.6. The molecule has 0 aliphatic heterocycles. The van der Waals surface area contributed by atoms with Crippen LogP contribution in [0.1, 0.15) is 48.7 Å². The number of hydrogen-bond donors (Lipinski definition) is 1. The minimum absolute atomic E-state index is 0.202. The molecule has 2 aromatic rings. The average molecular weight is 362 g/mol. The lowest BCUT2D eigenvalue weighted by atomic mass is 9.81. The molecular weight excluding hydrogens is 340 g/mol. The molecule has 2 aromatic carbocycles. The van der Waals surface area contributed by atoms with Crippen LogP contribution in [0.4, 0.5) is 0 Å². The molecule has 1 N–H and O–H groups in total. The SMILES string of the molecule is CCC(C)(C)c1ccc(C(=O)c2ccc(OC)cc2)cc1S(=O)(=O)O. The number of carbonyl (C=O) groups excluding carboxylic acids is 1. The van der Waals surface area contributed by atoms with Crippen molar-refractivity contribution >= 4 is 15.9 Å². The highest BCUT2D eigenvalue weighted by Crippen LogP contribution is 2.33. The number of benzene rings is 2. The smallest absolute Gasteiger partial charge is 0.294 e. The summed E-state index contributed by atoms with van der Waals surface area (Å²) in [4.78, 5) is 12.4. The molecule has 134 valence electrons. The van der Waals surface area contributed by atoms with Gasteiger partial charge in [-0.3, -0.25) is 9.35 Å². The molecule has 0 unspecified atom stereocenters. The second-order valence-electron chi connectivity index (χ2n) is 6.48. The maximum absolute atomic E-state index is 12.6. The van der Waals surface area contributed by atoms with Crippen LogP contribution in [0.3, 0.4) is 0 Å². The molecule has 0 bridgehead atoms. The van der Waals surface area contributed by atoms with Crippen LogP contribution in [-0.4, -0.2) is 25.9 Å². The van der Waals surface area contributed by atoms with E-state index in [4.69, 9.17) is 4.74 Å². The summed E-state index contributed by atoms with van der Waals surface area (Å²) in [7, 11) is -2.92. The van der Waals surface area contributed by atoms with Crippen molar-refractivity contribution in [2.24, 2.45) is 0 Å². The lowest BCUT2D eigenvalue weighted by Crippen LogP contribution is -2.20. The second-order valence-corrected chi connectivity index (χ2v) is 7.87. The summed E-state index contributed by atoms with van der Waals surface area (Å²) in [5.41, 5.74) is 0.647. The normalized spacial score (nSPS) is 12.0. The van der Waals surface area contributed by atoms with Crippen LogP contribution >= 0.6 is 0 Å². The van der Waals surface area contributed by atoms with Gasteiger partial charge in [0.05, 0.1) is 12.0 Å². The summed E-state index contributed by atoms with van der Waals surface area (Å²) in [6, 6.07) is 11.0. The molecule has 0 atom stereocenters. The maximum Gasteiger partial charge on any atom is 0.294 e. The van der Waals surface area contributed by atoms with Crippen molar-refractivity contribution in [1.82, 2.24) is 0 Å². The Morgan fingerprint density at radius 3 is 2.12 bits per heavy atom. The molecule has 6 heteroatoms. The van der Waals surface area contributed by atoms with Crippen LogP contribution in [0.5, 0.6) is 5.75 Å². The van der Waals surface area contributed by atoms with Crippen molar-refractivity contribution in [3.8, 4) is 5.75 Å². The van der Waals surface area contributed by atoms with E-state index in [2.05, 4.69) is 0 Å². The molecule has 0 aliphatic rings. The summed E-state index contributed by atoms with van der Waals surface area (Å²) in [6.07, 6.45) is 0.682. The van der Waals surface area contributed by atoms with E-state index in [1.54, 1.807) is 36.4 Å². The highest BCUT2D eigenvalue weighted by Gasteiger charge is 2.28. The number of ether oxygens (including phenoxy) is 1. The Balaban J connectivity index is 2.54. The highest BCUT2D eigenvalue weighted by atomic mass is 32.2. The zero-order valence-corrected chi connectivity index (χ0v) is 15.6. The first kappa shape index (κ1) is 19.1. The molecule has 0 fully saturated rings. The van der Waals surface area contributed by atoms with Crippen molar-refractivity contribution in [1.29, 1.82) is 0 Å². The van der Waals surface area contributed by atoms with Gasteiger partial charge in [-0.2, -0.15) is 8.42 Å². The van der Waals surface area contributed by atoms with Crippen LogP contribution < -0.4 is 4.74 Å². The van der Waals surface area contributed by atoms with Crippen molar-refractivity contribution in [3.05, 3.63) is 59.2 Å². The Kier molecular flexibility index (Phi) is 5.34. The van der Waals surface area contributed by atoms with Crippen molar-refractivity contribution in [3.63, 3.8) is 0 Å². The zero-order chi connectivity index (χ0) is 18.8. The third-order valence-corrected chi connectivity index (χ3v) is 5.38. The van der Waals surface area contributed by atoms with Gasteiger partial charge in [0.1, 0.15) is 5.75 Å². The number of rotatable bonds is 6. The average Bonchev–Trinajstić information content (AvgIpc) is 2.60. The summed E-state index contributed by atoms with van der Waals surface area (Å²) >= 11 is 0. The largest absolute Gasteiger partial charge is 0.497 e. The molecule has 2 rings (SSSR count). The number of hydrogen-bond acceptors (Lipinski definition) is 4. The van der Waals surface area contributed by atoms with E-state index in [0.29, 0.717) is 23.3 Å². The van der Waals surface area contributed by atoms with Crippen molar-refractivity contribution in [2.45, 2.75) is 37.5 Å². The third-order valence-electron chi connectivity index (χ3n) is 4.49. The monoisotopic (exact) mass is 362 g/mol. The van der Waals surface area contributed by atoms with Gasteiger partial charge in [-0.25, -0.2) is 0 Å². The van der Waals surface area contributed by atoms with Crippen LogP contribution in [0.15, 0.2) is 47.4 Å². The van der Waals surface area contributed by atoms with E-state index in [0.717, 1.165) is 0 Å². The standard InChI is InChI=1S/C19H22O5S/c1-5-19(2,3)16-11-8-14(12-17(16)25(21,22)23)18(20)13-6-9-15(24-4)10-7-13/h6-12H,5H2,1-4H3,(H,21,22,23). The molecule has 0 spiro atoms. The lowest BCUT2D eigenvalue weighted by molar-refractivity contribution is 0.103. The van der Waals surface area contributed by atoms with E-state index < -0.39 is 15.5 Å². The highest BCUT2D eigenvalue weighted by molar-refractivity contribution is 7.85. The van der Waals surface area contributed by atoms with E-state index in [1.807, 2.05) is 20.8 Å². The Morgan fingerprint density at radius 1 is 1.08 bits per heavy atom. The van der Waals surface area contributed by atoms with Gasteiger partial charge in [-0.1, -0.05) is 32.9 Å². The fraction of sp³-hybridized carbons (Fsp3) is 0.316. The molecule has 0 saturated carbocycles. The van der Waals surface area contributed by atoms with E-state index in [1.165, 1.54) is 13.2 Å².